The van der Waals surface area contributed by atoms with E-state index in [0.29, 0.717) is 11.4 Å². The van der Waals surface area contributed by atoms with Crippen LogP contribution in [0.25, 0.3) is 6.08 Å². The number of benzene rings is 2. The van der Waals surface area contributed by atoms with E-state index in [2.05, 4.69) is 5.32 Å². The molecule has 0 spiro atoms. The third-order valence-corrected chi connectivity index (χ3v) is 3.13. The molecule has 4 nitrogen and oxygen atoms in total. The lowest BCUT2D eigenvalue weighted by atomic mass is 10.2. The van der Waals surface area contributed by atoms with E-state index < -0.39 is 5.82 Å². The lowest BCUT2D eigenvalue weighted by Crippen LogP contribution is -2.07. The van der Waals surface area contributed by atoms with Crippen molar-refractivity contribution >= 4 is 29.3 Å². The Balaban J connectivity index is 1.93. The molecule has 0 aromatic heterocycles. The van der Waals surface area contributed by atoms with Crippen LogP contribution < -0.4 is 10.1 Å². The Bertz CT molecular complexity index is 701. The summed E-state index contributed by atoms with van der Waals surface area (Å²) in [6.07, 6.45) is 3.03. The largest absolute Gasteiger partial charge is 0.468 e. The molecule has 0 saturated heterocycles. The zero-order valence-electron chi connectivity index (χ0n) is 12.4. The number of hydrogen-bond acceptors (Lipinski definition) is 3. The monoisotopic (exact) mass is 335 g/mol. The number of amides is 1. The molecule has 0 saturated carbocycles. The summed E-state index contributed by atoms with van der Waals surface area (Å²) in [5, 5.41) is 2.56. The van der Waals surface area contributed by atoms with Gasteiger partial charge in [-0.3, -0.25) is 4.79 Å². The smallest absolute Gasteiger partial charge is 0.248 e. The molecule has 0 aliphatic rings. The first-order valence-electron chi connectivity index (χ1n) is 6.74. The fourth-order valence-electron chi connectivity index (χ4n) is 1.73. The molecule has 120 valence electrons. The molecular formula is C17H15ClFNO3. The summed E-state index contributed by atoms with van der Waals surface area (Å²) in [5.41, 5.74) is 1.26. The highest BCUT2D eigenvalue weighted by molar-refractivity contribution is 6.31. The molecule has 0 aliphatic heterocycles. The molecule has 23 heavy (non-hydrogen) atoms. The molecule has 1 amide bonds. The van der Waals surface area contributed by atoms with E-state index >= 15 is 0 Å². The van der Waals surface area contributed by atoms with Crippen LogP contribution in [-0.2, 0) is 9.53 Å². The molecule has 2 aromatic carbocycles. The second-order valence-corrected chi connectivity index (χ2v) is 4.98. The molecule has 0 fully saturated rings. The number of ether oxygens (including phenoxy) is 2. The minimum atomic E-state index is -0.531. The Morgan fingerprint density at radius 3 is 2.65 bits per heavy atom. The first-order valence-corrected chi connectivity index (χ1v) is 7.12. The fraction of sp³-hybridized carbons (Fsp3) is 0.118. The van der Waals surface area contributed by atoms with Gasteiger partial charge in [-0.25, -0.2) is 4.39 Å². The van der Waals surface area contributed by atoms with E-state index in [1.165, 1.54) is 24.3 Å². The maximum Gasteiger partial charge on any atom is 0.248 e. The third-order valence-electron chi connectivity index (χ3n) is 2.84. The van der Waals surface area contributed by atoms with Gasteiger partial charge in [-0.15, -0.1) is 0 Å². The normalized spacial score (nSPS) is 10.7. The third kappa shape index (κ3) is 5.39. The van der Waals surface area contributed by atoms with Crippen LogP contribution in [0.1, 0.15) is 5.56 Å². The maximum atomic E-state index is 13.0. The zero-order chi connectivity index (χ0) is 16.7. The highest BCUT2D eigenvalue weighted by Crippen LogP contribution is 2.19. The Morgan fingerprint density at radius 2 is 2.00 bits per heavy atom. The van der Waals surface area contributed by atoms with Crippen molar-refractivity contribution in [2.24, 2.45) is 0 Å². The van der Waals surface area contributed by atoms with Gasteiger partial charge in [-0.1, -0.05) is 23.7 Å². The van der Waals surface area contributed by atoms with Crippen molar-refractivity contribution in [3.8, 4) is 5.75 Å². The molecule has 2 aromatic rings. The van der Waals surface area contributed by atoms with E-state index in [0.717, 1.165) is 5.56 Å². The van der Waals surface area contributed by atoms with Crippen LogP contribution in [0.5, 0.6) is 5.75 Å². The summed E-state index contributed by atoms with van der Waals surface area (Å²) in [6.45, 7) is 0.178. The number of hydrogen-bond donors (Lipinski definition) is 1. The number of anilines is 1. The minimum Gasteiger partial charge on any atom is -0.468 e. The number of carbonyl (C=O) groups excluding carboxylic acids is 1. The Hall–Kier alpha value is -2.37. The first kappa shape index (κ1) is 17.0. The van der Waals surface area contributed by atoms with Gasteiger partial charge in [0.05, 0.1) is 5.02 Å². The van der Waals surface area contributed by atoms with Crippen molar-refractivity contribution in [2.75, 3.05) is 19.2 Å². The summed E-state index contributed by atoms with van der Waals surface area (Å²) < 4.78 is 23.1. The van der Waals surface area contributed by atoms with E-state index in [1.807, 2.05) is 12.1 Å². The summed E-state index contributed by atoms with van der Waals surface area (Å²) in [4.78, 5) is 11.8. The number of methoxy groups -OCH3 is 1. The van der Waals surface area contributed by atoms with E-state index in [-0.39, 0.29) is 17.7 Å². The molecule has 0 aliphatic carbocycles. The summed E-state index contributed by atoms with van der Waals surface area (Å²) in [6, 6.07) is 11.2. The average Bonchev–Trinajstić information content (AvgIpc) is 2.55. The van der Waals surface area contributed by atoms with Gasteiger partial charge >= 0.3 is 0 Å². The Labute approximate surface area is 138 Å². The van der Waals surface area contributed by atoms with Gasteiger partial charge in [0.2, 0.25) is 5.91 Å². The number of rotatable bonds is 6. The minimum absolute atomic E-state index is 0.0431. The van der Waals surface area contributed by atoms with Crippen LogP contribution in [0, 0.1) is 5.82 Å². The van der Waals surface area contributed by atoms with Crippen LogP contribution in [0.4, 0.5) is 10.1 Å². The second-order valence-electron chi connectivity index (χ2n) is 4.57. The molecule has 6 heteroatoms. The van der Waals surface area contributed by atoms with Gasteiger partial charge in [0, 0.05) is 18.9 Å². The van der Waals surface area contributed by atoms with Crippen molar-refractivity contribution in [1.29, 1.82) is 0 Å². The molecule has 0 heterocycles. The summed E-state index contributed by atoms with van der Waals surface area (Å²) in [5.74, 6) is -0.197. The quantitative estimate of drug-likeness (QED) is 0.638. The van der Waals surface area contributed by atoms with Gasteiger partial charge in [0.1, 0.15) is 11.6 Å². The van der Waals surface area contributed by atoms with Gasteiger partial charge in [-0.2, -0.15) is 0 Å². The van der Waals surface area contributed by atoms with Crippen molar-refractivity contribution in [3.63, 3.8) is 0 Å². The van der Waals surface area contributed by atoms with Gasteiger partial charge in [0.25, 0.3) is 0 Å². The molecule has 1 N–H and O–H groups in total. The number of carbonyl (C=O) groups is 1. The maximum absolute atomic E-state index is 13.0. The van der Waals surface area contributed by atoms with Crippen LogP contribution in [-0.4, -0.2) is 19.8 Å². The molecule has 0 radical (unpaired) electrons. The van der Waals surface area contributed by atoms with Crippen LogP contribution in [0.15, 0.2) is 48.5 Å². The highest BCUT2D eigenvalue weighted by atomic mass is 35.5. The van der Waals surface area contributed by atoms with Crippen molar-refractivity contribution in [2.45, 2.75) is 0 Å². The number of nitrogens with one attached hydrogen (secondary N) is 1. The predicted octanol–water partition coefficient (Wildman–Crippen LogP) is 4.11. The molecular weight excluding hydrogens is 321 g/mol. The van der Waals surface area contributed by atoms with Gasteiger partial charge in [-0.05, 0) is 42.0 Å². The van der Waals surface area contributed by atoms with Crippen molar-refractivity contribution < 1.29 is 18.7 Å². The molecule has 0 bridgehead atoms. The standard InChI is InChI=1S/C17H15ClFNO3/c1-22-11-23-14-6-2-12(3-7-14)4-9-17(21)20-13-5-8-16(19)15(18)10-13/h2-10H,11H2,1H3,(H,20,21)/b9-4+. The zero-order valence-corrected chi connectivity index (χ0v) is 13.1. The SMILES string of the molecule is COCOc1ccc(/C=C/C(=O)Nc2ccc(F)c(Cl)c2)cc1. The van der Waals surface area contributed by atoms with Crippen LogP contribution in [0.2, 0.25) is 5.02 Å². The molecule has 2 rings (SSSR count). The predicted molar refractivity (Wildman–Crippen MR) is 88.0 cm³/mol. The van der Waals surface area contributed by atoms with Crippen LogP contribution >= 0.6 is 11.6 Å². The van der Waals surface area contributed by atoms with Crippen molar-refractivity contribution in [1.82, 2.24) is 0 Å². The Morgan fingerprint density at radius 1 is 1.26 bits per heavy atom. The fourth-order valence-corrected chi connectivity index (χ4v) is 1.91. The first-order chi connectivity index (χ1) is 11.1. The molecule has 0 atom stereocenters. The lowest BCUT2D eigenvalue weighted by Gasteiger charge is -2.04. The van der Waals surface area contributed by atoms with Gasteiger partial charge in [0.15, 0.2) is 6.79 Å². The molecule has 0 unspecified atom stereocenters. The van der Waals surface area contributed by atoms with Gasteiger partial charge < -0.3 is 14.8 Å². The summed E-state index contributed by atoms with van der Waals surface area (Å²) >= 11 is 5.66. The number of halogens is 2. The second kappa shape index (κ2) is 8.31. The van der Waals surface area contributed by atoms with Crippen molar-refractivity contribution in [3.05, 3.63) is 64.9 Å². The summed E-state index contributed by atoms with van der Waals surface area (Å²) in [7, 11) is 1.55. The van der Waals surface area contributed by atoms with E-state index in [4.69, 9.17) is 21.1 Å². The Kier molecular flexibility index (Phi) is 6.14. The average molecular weight is 336 g/mol. The van der Waals surface area contributed by atoms with E-state index in [1.54, 1.807) is 25.3 Å². The lowest BCUT2D eigenvalue weighted by molar-refractivity contribution is -0.111. The topological polar surface area (TPSA) is 47.6 Å². The van der Waals surface area contributed by atoms with E-state index in [9.17, 15) is 9.18 Å². The van der Waals surface area contributed by atoms with Crippen LogP contribution in [0.3, 0.4) is 0 Å². The highest BCUT2D eigenvalue weighted by Gasteiger charge is 2.03.